The van der Waals surface area contributed by atoms with Crippen LogP contribution in [0.3, 0.4) is 0 Å². The van der Waals surface area contributed by atoms with Crippen LogP contribution in [0.25, 0.3) is 0 Å². The summed E-state index contributed by atoms with van der Waals surface area (Å²) in [4.78, 5) is 0. The fraction of sp³-hybridized carbons (Fsp3) is 0.929. The average molecular weight is 401 g/mol. The summed E-state index contributed by atoms with van der Waals surface area (Å²) in [6.45, 7) is 12.4. The van der Waals surface area contributed by atoms with Crippen LogP contribution in [0.1, 0.15) is 112 Å². The Kier molecular flexibility index (Phi) is 6.29. The fourth-order valence-corrected chi connectivity index (χ4v) is 8.42. The lowest BCUT2D eigenvalue weighted by atomic mass is 9.47. The van der Waals surface area contributed by atoms with Crippen molar-refractivity contribution < 1.29 is 5.11 Å². The highest BCUT2D eigenvalue weighted by Gasteiger charge is 2.58. The summed E-state index contributed by atoms with van der Waals surface area (Å²) in [6, 6.07) is 0. The van der Waals surface area contributed by atoms with Gasteiger partial charge in [-0.3, -0.25) is 0 Å². The molecule has 8 unspecified atom stereocenters. The van der Waals surface area contributed by atoms with E-state index in [1.807, 2.05) is 0 Å². The minimum absolute atomic E-state index is 0.0750. The monoisotopic (exact) mass is 400 g/mol. The summed E-state index contributed by atoms with van der Waals surface area (Å²) >= 11 is 0. The van der Waals surface area contributed by atoms with Gasteiger partial charge in [0.05, 0.1) is 6.10 Å². The zero-order valence-corrected chi connectivity index (χ0v) is 20.1. The summed E-state index contributed by atoms with van der Waals surface area (Å²) in [7, 11) is 0. The minimum Gasteiger partial charge on any atom is -0.393 e. The third-order valence-electron chi connectivity index (χ3n) is 10.9. The number of allylic oxidation sites excluding steroid dienone is 1. The van der Waals surface area contributed by atoms with Crippen LogP contribution in [-0.2, 0) is 0 Å². The number of aliphatic hydroxyl groups is 1. The summed E-state index contributed by atoms with van der Waals surface area (Å²) in [5.41, 5.74) is 2.63. The van der Waals surface area contributed by atoms with E-state index in [2.05, 4.69) is 40.7 Å². The van der Waals surface area contributed by atoms with E-state index in [1.54, 1.807) is 5.57 Å². The Labute approximate surface area is 181 Å². The Bertz CT molecular complexity index is 605. The van der Waals surface area contributed by atoms with Gasteiger partial charge >= 0.3 is 0 Å². The Morgan fingerprint density at radius 3 is 2.55 bits per heavy atom. The van der Waals surface area contributed by atoms with Gasteiger partial charge in [0.15, 0.2) is 0 Å². The highest BCUT2D eigenvalue weighted by Crippen LogP contribution is 2.66. The van der Waals surface area contributed by atoms with Crippen molar-refractivity contribution in [1.82, 2.24) is 0 Å². The molecule has 29 heavy (non-hydrogen) atoms. The zero-order valence-electron chi connectivity index (χ0n) is 20.1. The number of fused-ring (bicyclic) bond motifs is 5. The van der Waals surface area contributed by atoms with Gasteiger partial charge in [0.25, 0.3) is 0 Å². The van der Waals surface area contributed by atoms with Crippen molar-refractivity contribution in [2.75, 3.05) is 0 Å². The van der Waals surface area contributed by atoms with Crippen LogP contribution in [0, 0.1) is 46.3 Å². The van der Waals surface area contributed by atoms with E-state index < -0.39 is 0 Å². The van der Waals surface area contributed by atoms with Crippen LogP contribution in [0.2, 0.25) is 0 Å². The smallest absolute Gasteiger partial charge is 0.0577 e. The highest BCUT2D eigenvalue weighted by atomic mass is 16.3. The Morgan fingerprint density at radius 1 is 1.00 bits per heavy atom. The standard InChI is InChI=1S/C28H48O/c1-19(2)20(3)8-6-7-9-21-11-13-25-24-12-10-22-18-23(29)14-16-28(22,5)26(24)15-17-27(21,25)4/h10,19-21,23-26,29H,6-9,11-18H2,1-5H3. The van der Waals surface area contributed by atoms with Crippen LogP contribution in [0.5, 0.6) is 0 Å². The van der Waals surface area contributed by atoms with Crippen LogP contribution in [-0.4, -0.2) is 11.2 Å². The van der Waals surface area contributed by atoms with E-state index in [4.69, 9.17) is 0 Å². The van der Waals surface area contributed by atoms with E-state index in [-0.39, 0.29) is 6.10 Å². The zero-order chi connectivity index (χ0) is 20.8. The Morgan fingerprint density at radius 2 is 1.79 bits per heavy atom. The molecule has 0 aliphatic heterocycles. The summed E-state index contributed by atoms with van der Waals surface area (Å²) in [6.07, 6.45) is 18.7. The van der Waals surface area contributed by atoms with E-state index in [0.717, 1.165) is 48.3 Å². The number of hydrogen-bond acceptors (Lipinski definition) is 1. The number of aliphatic hydroxyl groups excluding tert-OH is 1. The maximum atomic E-state index is 10.2. The molecule has 0 aromatic rings. The molecule has 0 amide bonds. The summed E-state index contributed by atoms with van der Waals surface area (Å²) in [5.74, 6) is 5.47. The first-order chi connectivity index (χ1) is 13.8. The molecule has 0 saturated heterocycles. The van der Waals surface area contributed by atoms with Crippen LogP contribution in [0.15, 0.2) is 11.6 Å². The normalized spacial score (nSPS) is 45.3. The van der Waals surface area contributed by atoms with Crippen molar-refractivity contribution >= 4 is 0 Å². The Balaban J connectivity index is 1.40. The lowest BCUT2D eigenvalue weighted by Crippen LogP contribution is -2.50. The molecule has 4 rings (SSSR count). The molecule has 1 heteroatoms. The Hall–Kier alpha value is -0.300. The average Bonchev–Trinajstić information content (AvgIpc) is 3.02. The topological polar surface area (TPSA) is 20.2 Å². The third kappa shape index (κ3) is 3.88. The van der Waals surface area contributed by atoms with Gasteiger partial charge < -0.3 is 5.11 Å². The maximum absolute atomic E-state index is 10.2. The van der Waals surface area contributed by atoms with Crippen LogP contribution >= 0.6 is 0 Å². The predicted octanol–water partition coefficient (Wildman–Crippen LogP) is 7.78. The van der Waals surface area contributed by atoms with Gasteiger partial charge in [-0.1, -0.05) is 65.5 Å². The van der Waals surface area contributed by atoms with Crippen molar-refractivity contribution in [2.24, 2.45) is 46.3 Å². The molecule has 0 aromatic heterocycles. The van der Waals surface area contributed by atoms with E-state index in [0.29, 0.717) is 10.8 Å². The maximum Gasteiger partial charge on any atom is 0.0577 e. The van der Waals surface area contributed by atoms with Gasteiger partial charge in [0.2, 0.25) is 0 Å². The van der Waals surface area contributed by atoms with Gasteiger partial charge in [0, 0.05) is 0 Å². The molecule has 0 bridgehead atoms. The quantitative estimate of drug-likeness (QED) is 0.356. The van der Waals surface area contributed by atoms with Crippen LogP contribution in [0.4, 0.5) is 0 Å². The van der Waals surface area contributed by atoms with Gasteiger partial charge in [-0.15, -0.1) is 0 Å². The summed E-state index contributed by atoms with van der Waals surface area (Å²) in [5, 5.41) is 10.2. The van der Waals surface area contributed by atoms with Gasteiger partial charge in [-0.2, -0.15) is 0 Å². The SMILES string of the molecule is CC(C)C(C)CCCCC1CCC2C3CC=C4CC(O)CCC4(C)C3CCC12C. The molecular weight excluding hydrogens is 352 g/mol. The molecule has 0 radical (unpaired) electrons. The molecule has 4 aliphatic carbocycles. The molecule has 1 N–H and O–H groups in total. The van der Waals surface area contributed by atoms with Gasteiger partial charge in [-0.25, -0.2) is 0 Å². The molecule has 1 nitrogen and oxygen atoms in total. The number of unbranched alkanes of at least 4 members (excludes halogenated alkanes) is 1. The highest BCUT2D eigenvalue weighted by molar-refractivity contribution is 5.25. The molecule has 0 spiro atoms. The third-order valence-corrected chi connectivity index (χ3v) is 10.9. The first-order valence-electron chi connectivity index (χ1n) is 13.1. The number of rotatable bonds is 6. The lowest BCUT2D eigenvalue weighted by Gasteiger charge is -2.58. The minimum atomic E-state index is -0.0750. The second kappa shape index (κ2) is 8.33. The molecular formula is C28H48O. The van der Waals surface area contributed by atoms with Gasteiger partial charge in [-0.05, 0) is 104 Å². The largest absolute Gasteiger partial charge is 0.393 e. The summed E-state index contributed by atoms with van der Waals surface area (Å²) < 4.78 is 0. The molecule has 4 aliphatic rings. The molecule has 166 valence electrons. The molecule has 3 saturated carbocycles. The number of hydrogen-bond donors (Lipinski definition) is 1. The van der Waals surface area contributed by atoms with Crippen molar-refractivity contribution in [3.05, 3.63) is 11.6 Å². The first kappa shape index (κ1) is 21.9. The first-order valence-corrected chi connectivity index (χ1v) is 13.1. The molecule has 8 atom stereocenters. The molecule has 0 heterocycles. The van der Waals surface area contributed by atoms with Gasteiger partial charge in [0.1, 0.15) is 0 Å². The molecule has 0 aromatic carbocycles. The van der Waals surface area contributed by atoms with E-state index in [1.165, 1.54) is 64.2 Å². The second-order valence-electron chi connectivity index (χ2n) is 12.5. The van der Waals surface area contributed by atoms with E-state index in [9.17, 15) is 5.11 Å². The van der Waals surface area contributed by atoms with Crippen LogP contribution < -0.4 is 0 Å². The van der Waals surface area contributed by atoms with Crippen molar-refractivity contribution in [3.8, 4) is 0 Å². The second-order valence-corrected chi connectivity index (χ2v) is 12.5. The molecule has 3 fully saturated rings. The van der Waals surface area contributed by atoms with E-state index >= 15 is 0 Å². The van der Waals surface area contributed by atoms with Crippen molar-refractivity contribution in [2.45, 2.75) is 118 Å². The van der Waals surface area contributed by atoms with Crippen molar-refractivity contribution in [1.29, 1.82) is 0 Å². The van der Waals surface area contributed by atoms with Crippen molar-refractivity contribution in [3.63, 3.8) is 0 Å². The fourth-order valence-electron chi connectivity index (χ4n) is 8.42. The predicted molar refractivity (Wildman–Crippen MR) is 124 cm³/mol. The lowest BCUT2D eigenvalue weighted by molar-refractivity contribution is -0.0509.